The monoisotopic (exact) mass is 311 g/mol. The zero-order chi connectivity index (χ0) is 16.2. The molecule has 0 bridgehead atoms. The Morgan fingerprint density at radius 2 is 2.09 bits per heavy atom. The number of anilines is 1. The van der Waals surface area contributed by atoms with Gasteiger partial charge in [0.25, 0.3) is 5.91 Å². The van der Waals surface area contributed by atoms with Gasteiger partial charge in [-0.15, -0.1) is 0 Å². The highest BCUT2D eigenvalue weighted by atomic mass is 16.5. The van der Waals surface area contributed by atoms with E-state index in [1.807, 2.05) is 18.2 Å². The highest BCUT2D eigenvalue weighted by Gasteiger charge is 2.23. The van der Waals surface area contributed by atoms with E-state index in [0.717, 1.165) is 37.4 Å². The van der Waals surface area contributed by atoms with Crippen molar-refractivity contribution in [2.75, 3.05) is 25.1 Å². The predicted octanol–water partition coefficient (Wildman–Crippen LogP) is 2.57. The SMILES string of the molecule is COc1cccc(C2CCN(c3ccncc3C(N)=O)CC2)c1. The third kappa shape index (κ3) is 3.28. The predicted molar refractivity (Wildman–Crippen MR) is 89.9 cm³/mol. The fraction of sp³-hybridized carbons (Fsp3) is 0.333. The Labute approximate surface area is 136 Å². The minimum absolute atomic E-state index is 0.428. The van der Waals surface area contributed by atoms with Crippen molar-refractivity contribution >= 4 is 11.6 Å². The van der Waals surface area contributed by atoms with Crippen LogP contribution in [0.1, 0.15) is 34.7 Å². The van der Waals surface area contributed by atoms with Crippen LogP contribution in [0.4, 0.5) is 5.69 Å². The maximum absolute atomic E-state index is 11.6. The van der Waals surface area contributed by atoms with Gasteiger partial charge in [-0.25, -0.2) is 0 Å². The molecule has 2 heterocycles. The summed E-state index contributed by atoms with van der Waals surface area (Å²) in [5.41, 5.74) is 8.14. The number of aromatic nitrogens is 1. The Balaban J connectivity index is 1.72. The van der Waals surface area contributed by atoms with E-state index in [0.29, 0.717) is 11.5 Å². The molecule has 1 aromatic heterocycles. The number of rotatable bonds is 4. The third-order valence-electron chi connectivity index (χ3n) is 4.46. The van der Waals surface area contributed by atoms with E-state index in [2.05, 4.69) is 22.0 Å². The molecule has 1 aromatic carbocycles. The van der Waals surface area contributed by atoms with Gasteiger partial charge in [0.15, 0.2) is 0 Å². The number of nitrogens with two attached hydrogens (primary N) is 1. The summed E-state index contributed by atoms with van der Waals surface area (Å²) in [5, 5.41) is 0. The minimum atomic E-state index is -0.428. The van der Waals surface area contributed by atoms with E-state index in [-0.39, 0.29) is 0 Å². The molecule has 23 heavy (non-hydrogen) atoms. The summed E-state index contributed by atoms with van der Waals surface area (Å²) < 4.78 is 5.31. The number of nitrogens with zero attached hydrogens (tertiary/aromatic N) is 2. The van der Waals surface area contributed by atoms with Crippen molar-refractivity contribution < 1.29 is 9.53 Å². The summed E-state index contributed by atoms with van der Waals surface area (Å²) in [5.74, 6) is 0.985. The average molecular weight is 311 g/mol. The van der Waals surface area contributed by atoms with Crippen LogP contribution in [0, 0.1) is 0 Å². The summed E-state index contributed by atoms with van der Waals surface area (Å²) in [6.45, 7) is 1.79. The molecule has 1 aliphatic rings. The number of benzene rings is 1. The van der Waals surface area contributed by atoms with Crippen molar-refractivity contribution in [3.8, 4) is 5.75 Å². The topological polar surface area (TPSA) is 68.4 Å². The number of amides is 1. The summed E-state index contributed by atoms with van der Waals surface area (Å²) in [4.78, 5) is 17.8. The van der Waals surface area contributed by atoms with Crippen LogP contribution < -0.4 is 15.4 Å². The molecule has 5 heteroatoms. The van der Waals surface area contributed by atoms with Crippen molar-refractivity contribution in [3.63, 3.8) is 0 Å². The zero-order valence-corrected chi connectivity index (χ0v) is 13.2. The van der Waals surface area contributed by atoms with E-state index in [4.69, 9.17) is 10.5 Å². The standard InChI is InChI=1S/C18H21N3O2/c1-23-15-4-2-3-14(11-15)13-6-9-21(10-7-13)17-5-8-20-12-16(17)18(19)22/h2-5,8,11-13H,6-7,9-10H2,1H3,(H2,19,22). The van der Waals surface area contributed by atoms with Crippen LogP contribution in [0.5, 0.6) is 5.75 Å². The van der Waals surface area contributed by atoms with Crippen LogP contribution in [0.3, 0.4) is 0 Å². The van der Waals surface area contributed by atoms with E-state index in [9.17, 15) is 4.79 Å². The molecule has 0 saturated carbocycles. The molecule has 1 aliphatic heterocycles. The number of carbonyl (C=O) groups excluding carboxylic acids is 1. The first-order chi connectivity index (χ1) is 11.2. The number of hydrogen-bond donors (Lipinski definition) is 1. The molecule has 0 aliphatic carbocycles. The number of hydrogen-bond acceptors (Lipinski definition) is 4. The molecule has 0 atom stereocenters. The Morgan fingerprint density at radius 3 is 2.78 bits per heavy atom. The van der Waals surface area contributed by atoms with Gasteiger partial charge in [0.05, 0.1) is 18.4 Å². The molecule has 0 spiro atoms. The smallest absolute Gasteiger partial charge is 0.252 e. The lowest BCUT2D eigenvalue weighted by molar-refractivity contribution is 0.100. The first-order valence-corrected chi connectivity index (χ1v) is 7.81. The van der Waals surface area contributed by atoms with Gasteiger partial charge < -0.3 is 15.4 Å². The van der Waals surface area contributed by atoms with Crippen molar-refractivity contribution in [2.45, 2.75) is 18.8 Å². The molecule has 120 valence electrons. The zero-order valence-electron chi connectivity index (χ0n) is 13.2. The Bertz CT molecular complexity index is 694. The fourth-order valence-corrected chi connectivity index (χ4v) is 3.20. The summed E-state index contributed by atoms with van der Waals surface area (Å²) in [7, 11) is 1.69. The van der Waals surface area contributed by atoms with Crippen LogP contribution in [0.2, 0.25) is 0 Å². The maximum atomic E-state index is 11.6. The van der Waals surface area contributed by atoms with Crippen LogP contribution >= 0.6 is 0 Å². The number of ether oxygens (including phenoxy) is 1. The largest absolute Gasteiger partial charge is 0.497 e. The summed E-state index contributed by atoms with van der Waals surface area (Å²) in [6, 6.07) is 10.1. The lowest BCUT2D eigenvalue weighted by atomic mass is 9.89. The number of pyridine rings is 1. The van der Waals surface area contributed by atoms with Crippen molar-refractivity contribution in [2.24, 2.45) is 5.73 Å². The molecule has 1 amide bonds. The molecule has 3 rings (SSSR count). The highest BCUT2D eigenvalue weighted by Crippen LogP contribution is 2.32. The highest BCUT2D eigenvalue weighted by molar-refractivity contribution is 5.98. The normalized spacial score (nSPS) is 15.4. The molecule has 2 aromatic rings. The van der Waals surface area contributed by atoms with Gasteiger partial charge in [-0.05, 0) is 42.5 Å². The average Bonchev–Trinajstić information content (AvgIpc) is 2.62. The Morgan fingerprint density at radius 1 is 1.30 bits per heavy atom. The van der Waals surface area contributed by atoms with Gasteiger partial charge >= 0.3 is 0 Å². The molecular weight excluding hydrogens is 290 g/mol. The van der Waals surface area contributed by atoms with Gasteiger partial charge in [0.2, 0.25) is 0 Å². The number of piperidine rings is 1. The summed E-state index contributed by atoms with van der Waals surface area (Å²) in [6.07, 6.45) is 5.32. The lowest BCUT2D eigenvalue weighted by Crippen LogP contribution is -2.34. The molecule has 0 radical (unpaired) electrons. The number of methoxy groups -OCH3 is 1. The molecule has 0 unspecified atom stereocenters. The Kier molecular flexibility index (Phi) is 4.46. The van der Waals surface area contributed by atoms with Gasteiger partial charge in [-0.1, -0.05) is 12.1 Å². The first kappa shape index (κ1) is 15.3. The van der Waals surface area contributed by atoms with Crippen LogP contribution in [0.15, 0.2) is 42.7 Å². The molecule has 1 saturated heterocycles. The maximum Gasteiger partial charge on any atom is 0.252 e. The fourth-order valence-electron chi connectivity index (χ4n) is 3.20. The van der Waals surface area contributed by atoms with Crippen LogP contribution in [0.25, 0.3) is 0 Å². The van der Waals surface area contributed by atoms with Gasteiger partial charge in [-0.3, -0.25) is 9.78 Å². The number of primary amides is 1. The summed E-state index contributed by atoms with van der Waals surface area (Å²) >= 11 is 0. The number of carbonyl (C=O) groups is 1. The molecular formula is C18H21N3O2. The van der Waals surface area contributed by atoms with Crippen molar-refractivity contribution in [3.05, 3.63) is 53.9 Å². The third-order valence-corrected chi connectivity index (χ3v) is 4.46. The van der Waals surface area contributed by atoms with E-state index >= 15 is 0 Å². The van der Waals surface area contributed by atoms with E-state index in [1.54, 1.807) is 19.5 Å². The lowest BCUT2D eigenvalue weighted by Gasteiger charge is -2.34. The van der Waals surface area contributed by atoms with Crippen LogP contribution in [-0.4, -0.2) is 31.1 Å². The van der Waals surface area contributed by atoms with Gasteiger partial charge in [-0.2, -0.15) is 0 Å². The van der Waals surface area contributed by atoms with E-state index in [1.165, 1.54) is 5.56 Å². The Hall–Kier alpha value is -2.56. The van der Waals surface area contributed by atoms with E-state index < -0.39 is 5.91 Å². The minimum Gasteiger partial charge on any atom is -0.497 e. The quantitative estimate of drug-likeness (QED) is 0.942. The second kappa shape index (κ2) is 6.69. The first-order valence-electron chi connectivity index (χ1n) is 7.81. The second-order valence-electron chi connectivity index (χ2n) is 5.80. The second-order valence-corrected chi connectivity index (χ2v) is 5.80. The molecule has 1 fully saturated rings. The van der Waals surface area contributed by atoms with Crippen molar-refractivity contribution in [1.82, 2.24) is 4.98 Å². The molecule has 5 nitrogen and oxygen atoms in total. The van der Waals surface area contributed by atoms with Gasteiger partial charge in [0.1, 0.15) is 5.75 Å². The van der Waals surface area contributed by atoms with Crippen molar-refractivity contribution in [1.29, 1.82) is 0 Å². The van der Waals surface area contributed by atoms with Crippen LogP contribution in [-0.2, 0) is 0 Å². The molecule has 2 N–H and O–H groups in total. The van der Waals surface area contributed by atoms with Gasteiger partial charge in [0, 0.05) is 25.5 Å².